The number of hydrogen-bond acceptors (Lipinski definition) is 8. The van der Waals surface area contributed by atoms with Crippen LogP contribution in [0, 0.1) is 0 Å². The van der Waals surface area contributed by atoms with Gasteiger partial charge in [-0.1, -0.05) is 381 Å². The molecule has 670 valence electrons. The first-order chi connectivity index (χ1) is 71.3. The maximum atomic E-state index is 2.57. The van der Waals surface area contributed by atoms with E-state index >= 15 is 0 Å². The lowest BCUT2D eigenvalue weighted by atomic mass is 9.67. The monoisotopic (exact) mass is 1930 g/mol. The highest BCUT2D eigenvalue weighted by Gasteiger charge is 2.56. The number of anilines is 6. The van der Waals surface area contributed by atoms with Crippen molar-refractivity contribution in [3.8, 4) is 77.9 Å². The minimum absolute atomic E-state index is 0.511. The molecule has 0 amide bonds. The van der Waals surface area contributed by atoms with Crippen LogP contribution >= 0.6 is 69.7 Å². The molecule has 0 fully saturated rings. The molecule has 0 saturated heterocycles. The smallest absolute Gasteiger partial charge is 0.0736 e. The minimum atomic E-state index is -0.678. The van der Waals surface area contributed by atoms with Gasteiger partial charge < -0.3 is 9.80 Å². The quantitative estimate of drug-likeness (QED) is 0.141. The Kier molecular flexibility index (Phi) is 17.6. The van der Waals surface area contributed by atoms with Crippen molar-refractivity contribution >= 4 is 144 Å². The van der Waals surface area contributed by atoms with Gasteiger partial charge in [0, 0.05) is 114 Å². The third-order valence-corrected chi connectivity index (χ3v) is 39.5. The molecule has 1 atom stereocenters. The van der Waals surface area contributed by atoms with Crippen LogP contribution in [-0.4, -0.2) is 0 Å². The Balaban J connectivity index is 0.520. The second-order valence-electron chi connectivity index (χ2n) is 39.3. The van der Waals surface area contributed by atoms with Crippen molar-refractivity contribution in [1.29, 1.82) is 0 Å². The Bertz CT molecular complexity index is 9600. The van der Waals surface area contributed by atoms with Gasteiger partial charge in [-0.15, -0.1) is 22.7 Å². The third kappa shape index (κ3) is 11.2. The lowest BCUT2D eigenvalue weighted by Crippen LogP contribution is -2.32. The van der Waals surface area contributed by atoms with Gasteiger partial charge in [0.2, 0.25) is 0 Å². The van der Waals surface area contributed by atoms with Gasteiger partial charge in [-0.05, 0) is 319 Å². The maximum Gasteiger partial charge on any atom is 0.0736 e. The number of benzene rings is 22. The number of nitrogens with zero attached hydrogens (tertiary/aromatic N) is 2. The van der Waals surface area contributed by atoms with E-state index in [1.165, 1.54) is 246 Å². The number of rotatable bonds is 9. The van der Waals surface area contributed by atoms with Gasteiger partial charge in [0.25, 0.3) is 0 Å². The van der Waals surface area contributed by atoms with Crippen LogP contribution in [0.3, 0.4) is 0 Å². The first kappa shape index (κ1) is 81.9. The fourth-order valence-electron chi connectivity index (χ4n) is 26.8. The molecule has 1 unspecified atom stereocenters. The van der Waals surface area contributed by atoms with Crippen molar-refractivity contribution in [1.82, 2.24) is 0 Å². The van der Waals surface area contributed by atoms with Crippen LogP contribution in [0.25, 0.3) is 118 Å². The Morgan fingerprint density at radius 3 is 0.854 bits per heavy atom. The molecule has 8 heteroatoms. The molecular weight excluding hydrogens is 1850 g/mol. The van der Waals surface area contributed by atoms with Crippen LogP contribution in [0.2, 0.25) is 0 Å². The molecule has 0 radical (unpaired) electrons. The van der Waals surface area contributed by atoms with Gasteiger partial charge in [0.1, 0.15) is 0 Å². The van der Waals surface area contributed by atoms with E-state index in [9.17, 15) is 0 Å². The number of thiophene rings is 2. The van der Waals surface area contributed by atoms with Gasteiger partial charge in [0.05, 0.1) is 21.7 Å². The zero-order valence-corrected chi connectivity index (χ0v) is 82.4. The van der Waals surface area contributed by atoms with E-state index in [0.29, 0.717) is 0 Å². The molecule has 0 N–H and O–H groups in total. The SMILES string of the molecule is c1ccc2c(c1)Sc1ccccc1C21c2ccccc2-c2cc(N(c3ccc(-c4cccc5c4sc4ccc(-c6ccc7c(c6)Sc6ccccc6C76c7ccccc7-c7ccc(N(c8ccc(-c9ccc%10sc%11ccccc%11c%10c9)cc8)c8ccc9c(c8)-c8ccccc8C98c9ccccc9Sc9ccccc98)cc76)cc45)cc3)c3ccc4c(c3)C3(c5ccccc5Sc5ccccc53)c3ccccc3-4)ccc21. The van der Waals surface area contributed by atoms with Crippen LogP contribution in [0.1, 0.15) is 89.0 Å². The predicted octanol–water partition coefficient (Wildman–Crippen LogP) is 37.7. The van der Waals surface area contributed by atoms with E-state index in [4.69, 9.17) is 0 Å². The Morgan fingerprint density at radius 1 is 0.139 bits per heavy atom. The summed E-state index contributed by atoms with van der Waals surface area (Å²) in [4.78, 5) is 15.4. The highest BCUT2D eigenvalue weighted by molar-refractivity contribution is 8.00. The summed E-state index contributed by atoms with van der Waals surface area (Å²) in [5, 5.41) is 5.12. The molecule has 4 aliphatic carbocycles. The van der Waals surface area contributed by atoms with Crippen molar-refractivity contribution in [3.63, 3.8) is 0 Å². The van der Waals surface area contributed by atoms with Crippen LogP contribution in [0.4, 0.5) is 34.1 Å². The van der Waals surface area contributed by atoms with Gasteiger partial charge in [0.15, 0.2) is 0 Å². The summed E-state index contributed by atoms with van der Waals surface area (Å²) in [7, 11) is 0. The topological polar surface area (TPSA) is 6.48 Å². The summed E-state index contributed by atoms with van der Waals surface area (Å²) in [6.45, 7) is 0. The molecule has 2 nitrogen and oxygen atoms in total. The Morgan fingerprint density at radius 2 is 0.410 bits per heavy atom. The van der Waals surface area contributed by atoms with Crippen molar-refractivity contribution in [2.45, 2.75) is 60.8 Å². The zero-order chi connectivity index (χ0) is 94.0. The molecule has 2 aromatic heterocycles. The van der Waals surface area contributed by atoms with Gasteiger partial charge in [-0.25, -0.2) is 0 Å². The fraction of sp³-hybridized carbons (Fsp3) is 0.0294. The van der Waals surface area contributed by atoms with Crippen LogP contribution in [0.5, 0.6) is 0 Å². The Labute approximate surface area is 859 Å². The van der Waals surface area contributed by atoms with Gasteiger partial charge in [-0.2, -0.15) is 0 Å². The largest absolute Gasteiger partial charge is 0.310 e. The standard InChI is InChI=1S/C136H80N2S6/c1-6-33-105-93(26-1)97-67-63-90(79-119(97)135(105)115-41-14-22-49-128(115)142-129-50-23-15-42-116(129)135)138(89-66-71-110-102(78-89)96-29-4-9-36-108(96)134(110)113-39-12-20-47-126(113)141-127-48-21-13-40-114(127)134)87-61-54-82(55-62-87)92-31-25-32-100-104-75-84(58-73-123(104)144-132(92)100)85-56-69-118-131(76-85)143-130-51-24-16-43-117(130)136(118)106-34-7-2-27-94(106)98-68-64-91(80-120(98)136)137(86-59-52-81(53-60-86)83-57-72-122-103(74-83)99-30-5-17-44-121(99)139-122)88-65-70-109-101(77-88)95-28-3-8-35-107(95)133(109)111-37-10-18-45-124(111)140-125-46-19-11-38-112(125)133/h1-80H. The van der Waals surface area contributed by atoms with E-state index in [2.05, 4.69) is 495 Å². The molecule has 4 aliphatic heterocycles. The lowest BCUT2D eigenvalue weighted by Gasteiger charge is -2.40. The van der Waals surface area contributed by atoms with E-state index in [1.54, 1.807) is 0 Å². The Hall–Kier alpha value is -15.7. The van der Waals surface area contributed by atoms with Crippen LogP contribution < -0.4 is 9.80 Å². The van der Waals surface area contributed by atoms with Crippen molar-refractivity contribution in [2.75, 3.05) is 9.80 Å². The van der Waals surface area contributed by atoms with Crippen LogP contribution in [-0.2, 0) is 21.7 Å². The second kappa shape index (κ2) is 30.9. The average molecular weight is 1930 g/mol. The molecule has 4 spiro atoms. The van der Waals surface area contributed by atoms with E-state index in [0.717, 1.165) is 34.1 Å². The average Bonchev–Trinajstić information content (AvgIpc) is 1.40. The second-order valence-corrected chi connectivity index (χ2v) is 45.7. The molecule has 22 aromatic carbocycles. The molecule has 144 heavy (non-hydrogen) atoms. The first-order valence-corrected chi connectivity index (χ1v) is 54.4. The molecule has 0 saturated carbocycles. The summed E-state index contributed by atoms with van der Waals surface area (Å²) in [5.41, 5.74) is 42.6. The number of fused-ring (bicyclic) bond motifs is 42. The lowest BCUT2D eigenvalue weighted by molar-refractivity contribution is 0.722. The summed E-state index contributed by atoms with van der Waals surface area (Å²) in [6, 6.07) is 187. The summed E-state index contributed by atoms with van der Waals surface area (Å²) >= 11 is 11.4. The van der Waals surface area contributed by atoms with E-state index < -0.39 is 21.7 Å². The molecule has 24 aromatic rings. The van der Waals surface area contributed by atoms with E-state index in [-0.39, 0.29) is 0 Å². The van der Waals surface area contributed by atoms with Crippen LogP contribution in [0.15, 0.2) is 524 Å². The highest BCUT2D eigenvalue weighted by Crippen LogP contribution is 2.70. The summed E-state index contributed by atoms with van der Waals surface area (Å²) < 4.78 is 5.16. The van der Waals surface area contributed by atoms with Crippen molar-refractivity contribution < 1.29 is 0 Å². The van der Waals surface area contributed by atoms with Gasteiger partial charge >= 0.3 is 0 Å². The fourth-order valence-corrected chi connectivity index (χ4v) is 33.9. The summed E-state index contributed by atoms with van der Waals surface area (Å²) in [5.74, 6) is 0. The minimum Gasteiger partial charge on any atom is -0.310 e. The molecule has 32 rings (SSSR count). The third-order valence-electron chi connectivity index (χ3n) is 32.6. The summed E-state index contributed by atoms with van der Waals surface area (Å²) in [6.07, 6.45) is 0. The molecule has 6 heterocycles. The maximum absolute atomic E-state index is 2.57. The van der Waals surface area contributed by atoms with Crippen molar-refractivity contribution in [2.24, 2.45) is 0 Å². The van der Waals surface area contributed by atoms with E-state index in [1.807, 2.05) is 69.7 Å². The molecule has 0 bridgehead atoms. The molecule has 8 aliphatic rings. The molecular formula is C136H80N2S6. The number of hydrogen-bond donors (Lipinski definition) is 0. The predicted molar refractivity (Wildman–Crippen MR) is 604 cm³/mol. The normalized spacial score (nSPS) is 15.3. The van der Waals surface area contributed by atoms with Gasteiger partial charge in [-0.3, -0.25) is 0 Å². The highest BCUT2D eigenvalue weighted by atomic mass is 32.2. The van der Waals surface area contributed by atoms with Crippen molar-refractivity contribution in [3.05, 3.63) is 574 Å². The first-order valence-electron chi connectivity index (χ1n) is 49.5. The zero-order valence-electron chi connectivity index (χ0n) is 77.5.